The van der Waals surface area contributed by atoms with Gasteiger partial charge in [0.1, 0.15) is 0 Å². The highest BCUT2D eigenvalue weighted by Gasteiger charge is 1.90. The van der Waals surface area contributed by atoms with Gasteiger partial charge in [-0.05, 0) is 31.4 Å². The summed E-state index contributed by atoms with van der Waals surface area (Å²) in [5, 5.41) is 3.92. The van der Waals surface area contributed by atoms with Crippen molar-refractivity contribution in [2.24, 2.45) is 0 Å². The molecule has 0 atom stereocenters. The second-order valence-electron chi connectivity index (χ2n) is 2.75. The molecule has 0 heterocycles. The van der Waals surface area contributed by atoms with Gasteiger partial charge in [0, 0.05) is 11.6 Å². The maximum absolute atomic E-state index is 5.58. The van der Waals surface area contributed by atoms with Crippen molar-refractivity contribution >= 4 is 23.4 Å². The van der Waals surface area contributed by atoms with E-state index in [4.69, 9.17) is 11.6 Å². The summed E-state index contributed by atoms with van der Waals surface area (Å²) in [4.78, 5) is 0. The number of thioether (sulfide) groups is 1. The zero-order valence-electron chi connectivity index (χ0n) is 7.74. The van der Waals surface area contributed by atoms with Gasteiger partial charge < -0.3 is 5.32 Å². The number of halogens is 1. The lowest BCUT2D eigenvalue weighted by Crippen LogP contribution is -2.16. The molecule has 0 unspecified atom stereocenters. The monoisotopic (exact) mass is 207 g/mol. The van der Waals surface area contributed by atoms with Crippen molar-refractivity contribution in [3.05, 3.63) is 11.6 Å². The average Bonchev–Trinajstić information content (AvgIpc) is 2.02. The molecule has 0 bridgehead atoms. The fraction of sp³-hybridized carbons (Fsp3) is 0.778. The van der Waals surface area contributed by atoms with Gasteiger partial charge in [0.05, 0.1) is 0 Å². The maximum atomic E-state index is 5.58. The van der Waals surface area contributed by atoms with Gasteiger partial charge in [-0.3, -0.25) is 0 Å². The predicted molar refractivity (Wildman–Crippen MR) is 60.1 cm³/mol. The van der Waals surface area contributed by atoms with Gasteiger partial charge in [0.15, 0.2) is 0 Å². The van der Waals surface area contributed by atoms with Crippen molar-refractivity contribution < 1.29 is 0 Å². The normalized spacial score (nSPS) is 10.2. The Morgan fingerprint density at radius 2 is 2.17 bits per heavy atom. The minimum Gasteiger partial charge on any atom is -0.312 e. The Hall–Kier alpha value is 0.340. The quantitative estimate of drug-likeness (QED) is 0.615. The van der Waals surface area contributed by atoms with E-state index in [1.165, 1.54) is 25.0 Å². The van der Waals surface area contributed by atoms with Gasteiger partial charge in [0.25, 0.3) is 0 Å². The van der Waals surface area contributed by atoms with E-state index in [1.54, 1.807) is 0 Å². The Morgan fingerprint density at radius 1 is 1.42 bits per heavy atom. The van der Waals surface area contributed by atoms with Crippen molar-refractivity contribution in [2.75, 3.05) is 25.1 Å². The van der Waals surface area contributed by atoms with Crippen molar-refractivity contribution in [2.45, 2.75) is 19.3 Å². The zero-order chi connectivity index (χ0) is 9.23. The molecule has 0 saturated heterocycles. The third kappa shape index (κ3) is 10.3. The minimum absolute atomic E-state index is 0.694. The largest absolute Gasteiger partial charge is 0.312 e. The third-order valence-corrected chi connectivity index (χ3v) is 2.35. The summed E-state index contributed by atoms with van der Waals surface area (Å²) in [6.45, 7) is 5.40. The molecule has 0 aromatic heterocycles. The highest BCUT2D eigenvalue weighted by molar-refractivity contribution is 7.98. The van der Waals surface area contributed by atoms with Crippen LogP contribution in [0.4, 0.5) is 0 Å². The fourth-order valence-corrected chi connectivity index (χ4v) is 1.48. The summed E-state index contributed by atoms with van der Waals surface area (Å²) < 4.78 is 0. The Bertz CT molecular complexity index is 117. The Labute approximate surface area is 84.9 Å². The van der Waals surface area contributed by atoms with Crippen LogP contribution >= 0.6 is 23.4 Å². The highest BCUT2D eigenvalue weighted by Crippen LogP contribution is 2.01. The van der Waals surface area contributed by atoms with Crippen LogP contribution in [0.3, 0.4) is 0 Å². The topological polar surface area (TPSA) is 12.0 Å². The maximum Gasteiger partial charge on any atom is 0.0307 e. The van der Waals surface area contributed by atoms with Crippen LogP contribution in [0.15, 0.2) is 11.6 Å². The SMILES string of the molecule is C=C(Cl)CNCCCCCSC. The molecule has 0 aliphatic heterocycles. The van der Waals surface area contributed by atoms with E-state index in [2.05, 4.69) is 18.2 Å². The summed E-state index contributed by atoms with van der Waals surface area (Å²) in [7, 11) is 0. The number of hydrogen-bond donors (Lipinski definition) is 1. The molecule has 0 aromatic carbocycles. The standard InChI is InChI=1S/C9H18ClNS/c1-9(10)8-11-6-4-3-5-7-12-2/h11H,1,3-8H2,2H3. The molecule has 12 heavy (non-hydrogen) atoms. The molecule has 0 rings (SSSR count). The first-order chi connectivity index (χ1) is 5.77. The van der Waals surface area contributed by atoms with E-state index in [-0.39, 0.29) is 0 Å². The molecule has 0 spiro atoms. The van der Waals surface area contributed by atoms with E-state index in [0.29, 0.717) is 5.03 Å². The number of unbranched alkanes of at least 4 members (excludes halogenated alkanes) is 2. The summed E-state index contributed by atoms with van der Waals surface area (Å²) in [6.07, 6.45) is 6.02. The number of nitrogens with one attached hydrogen (secondary N) is 1. The first-order valence-electron chi connectivity index (χ1n) is 4.30. The van der Waals surface area contributed by atoms with Gasteiger partial charge in [-0.2, -0.15) is 11.8 Å². The number of hydrogen-bond acceptors (Lipinski definition) is 2. The zero-order valence-corrected chi connectivity index (χ0v) is 9.31. The molecule has 1 nitrogen and oxygen atoms in total. The molecule has 0 amide bonds. The smallest absolute Gasteiger partial charge is 0.0307 e. The van der Waals surface area contributed by atoms with Crippen molar-refractivity contribution in [1.29, 1.82) is 0 Å². The van der Waals surface area contributed by atoms with Crippen LogP contribution in [0.1, 0.15) is 19.3 Å². The van der Waals surface area contributed by atoms with E-state index in [1.807, 2.05) is 11.8 Å². The van der Waals surface area contributed by atoms with Crippen LogP contribution in [0, 0.1) is 0 Å². The molecular formula is C9H18ClNS. The Balaban J connectivity index is 2.86. The molecule has 0 fully saturated rings. The van der Waals surface area contributed by atoms with Crippen molar-refractivity contribution in [3.8, 4) is 0 Å². The van der Waals surface area contributed by atoms with E-state index >= 15 is 0 Å². The summed E-state index contributed by atoms with van der Waals surface area (Å²) in [5.74, 6) is 1.28. The Morgan fingerprint density at radius 3 is 2.75 bits per heavy atom. The molecule has 3 heteroatoms. The van der Waals surface area contributed by atoms with E-state index in [9.17, 15) is 0 Å². The van der Waals surface area contributed by atoms with E-state index in [0.717, 1.165) is 13.1 Å². The van der Waals surface area contributed by atoms with E-state index < -0.39 is 0 Å². The molecule has 72 valence electrons. The summed E-state index contributed by atoms with van der Waals surface area (Å²) in [5.41, 5.74) is 0. The molecular weight excluding hydrogens is 190 g/mol. The van der Waals surface area contributed by atoms with Crippen LogP contribution in [0.2, 0.25) is 0 Å². The van der Waals surface area contributed by atoms with Gasteiger partial charge >= 0.3 is 0 Å². The third-order valence-electron chi connectivity index (χ3n) is 1.52. The summed E-state index contributed by atoms with van der Waals surface area (Å²) in [6, 6.07) is 0. The van der Waals surface area contributed by atoms with Crippen molar-refractivity contribution in [1.82, 2.24) is 5.32 Å². The molecule has 0 aliphatic carbocycles. The highest BCUT2D eigenvalue weighted by atomic mass is 35.5. The van der Waals surface area contributed by atoms with Crippen LogP contribution in [0.25, 0.3) is 0 Å². The second kappa shape index (κ2) is 9.43. The lowest BCUT2D eigenvalue weighted by molar-refractivity contribution is 0.647. The van der Waals surface area contributed by atoms with Gasteiger partial charge in [0.2, 0.25) is 0 Å². The van der Waals surface area contributed by atoms with Crippen LogP contribution < -0.4 is 5.32 Å². The fourth-order valence-electron chi connectivity index (χ4n) is 0.897. The summed E-state index contributed by atoms with van der Waals surface area (Å²) >= 11 is 7.49. The van der Waals surface area contributed by atoms with Crippen LogP contribution in [-0.2, 0) is 0 Å². The Kier molecular flexibility index (Phi) is 9.70. The van der Waals surface area contributed by atoms with Crippen LogP contribution in [0.5, 0.6) is 0 Å². The van der Waals surface area contributed by atoms with Crippen LogP contribution in [-0.4, -0.2) is 25.1 Å². The molecule has 0 saturated carbocycles. The first-order valence-corrected chi connectivity index (χ1v) is 6.07. The number of rotatable bonds is 8. The predicted octanol–water partition coefficient (Wildman–Crippen LogP) is 2.86. The lowest BCUT2D eigenvalue weighted by Gasteiger charge is -2.02. The first kappa shape index (κ1) is 12.3. The van der Waals surface area contributed by atoms with Gasteiger partial charge in [-0.25, -0.2) is 0 Å². The van der Waals surface area contributed by atoms with Gasteiger partial charge in [-0.1, -0.05) is 24.6 Å². The van der Waals surface area contributed by atoms with Gasteiger partial charge in [-0.15, -0.1) is 0 Å². The molecule has 0 radical (unpaired) electrons. The molecule has 0 aliphatic rings. The van der Waals surface area contributed by atoms with Crippen molar-refractivity contribution in [3.63, 3.8) is 0 Å². The molecule has 1 N–H and O–H groups in total. The molecule has 0 aromatic rings. The minimum atomic E-state index is 0.694. The second-order valence-corrected chi connectivity index (χ2v) is 4.27. The lowest BCUT2D eigenvalue weighted by atomic mass is 10.2. The average molecular weight is 208 g/mol.